The first-order chi connectivity index (χ1) is 6.59. The molecule has 0 fully saturated rings. The molecule has 0 amide bonds. The van der Waals surface area contributed by atoms with Crippen molar-refractivity contribution in [1.29, 1.82) is 0 Å². The molecule has 0 unspecified atom stereocenters. The van der Waals surface area contributed by atoms with E-state index >= 15 is 0 Å². The number of hydrogen-bond donors (Lipinski definition) is 0. The Morgan fingerprint density at radius 2 is 1.79 bits per heavy atom. The van der Waals surface area contributed by atoms with Gasteiger partial charge in [-0.3, -0.25) is 4.79 Å². The molecule has 1 aromatic carbocycles. The number of carbonyl (C=O) groups excluding carboxylic acids is 1. The first kappa shape index (κ1) is 12.7. The van der Waals surface area contributed by atoms with Crippen LogP contribution in [0.5, 0.6) is 5.75 Å². The predicted molar refractivity (Wildman–Crippen MR) is 58.6 cm³/mol. The van der Waals surface area contributed by atoms with Crippen LogP contribution < -0.4 is 4.74 Å². The van der Waals surface area contributed by atoms with Crippen molar-refractivity contribution in [2.24, 2.45) is 0 Å². The molecule has 78 valence electrons. The number of rotatable bonds is 1. The second kappa shape index (κ2) is 6.19. The Labute approximate surface area is 85.9 Å². The summed E-state index contributed by atoms with van der Waals surface area (Å²) >= 11 is 0. The fourth-order valence-electron chi connectivity index (χ4n) is 1.07. The van der Waals surface area contributed by atoms with Crippen molar-refractivity contribution in [3.63, 3.8) is 0 Å². The molecule has 1 rings (SSSR count). The van der Waals surface area contributed by atoms with E-state index in [4.69, 9.17) is 4.74 Å². The summed E-state index contributed by atoms with van der Waals surface area (Å²) in [7, 11) is 0. The summed E-state index contributed by atoms with van der Waals surface area (Å²) in [6.07, 6.45) is 0. The lowest BCUT2D eigenvalue weighted by atomic mass is 10.1. The largest absolute Gasteiger partial charge is 0.426 e. The van der Waals surface area contributed by atoms with Gasteiger partial charge >= 0.3 is 5.97 Å². The van der Waals surface area contributed by atoms with Crippen LogP contribution in [0.4, 0.5) is 0 Å². The van der Waals surface area contributed by atoms with Crippen molar-refractivity contribution in [2.45, 2.75) is 34.6 Å². The molecular weight excluding hydrogens is 176 g/mol. The van der Waals surface area contributed by atoms with E-state index in [1.165, 1.54) is 12.5 Å². The van der Waals surface area contributed by atoms with Crippen LogP contribution in [0.15, 0.2) is 18.2 Å². The fourth-order valence-corrected chi connectivity index (χ4v) is 1.07. The molecule has 0 bridgehead atoms. The minimum atomic E-state index is -0.276. The highest BCUT2D eigenvalue weighted by atomic mass is 16.5. The van der Waals surface area contributed by atoms with Crippen LogP contribution in [0.25, 0.3) is 0 Å². The van der Waals surface area contributed by atoms with Gasteiger partial charge in [-0.2, -0.15) is 0 Å². The van der Waals surface area contributed by atoms with E-state index in [2.05, 4.69) is 0 Å². The molecule has 1 aromatic rings. The Kier molecular flexibility index (Phi) is 5.61. The maximum Gasteiger partial charge on any atom is 0.308 e. The Morgan fingerprint density at radius 1 is 1.21 bits per heavy atom. The van der Waals surface area contributed by atoms with E-state index in [1.54, 1.807) is 0 Å². The van der Waals surface area contributed by atoms with Crippen LogP contribution >= 0.6 is 0 Å². The van der Waals surface area contributed by atoms with Gasteiger partial charge in [0.05, 0.1) is 0 Å². The van der Waals surface area contributed by atoms with E-state index in [9.17, 15) is 4.79 Å². The van der Waals surface area contributed by atoms with Gasteiger partial charge in [0, 0.05) is 6.92 Å². The first-order valence-electron chi connectivity index (χ1n) is 4.85. The maximum atomic E-state index is 10.6. The summed E-state index contributed by atoms with van der Waals surface area (Å²) in [6, 6.07) is 5.72. The van der Waals surface area contributed by atoms with Gasteiger partial charge in [0.25, 0.3) is 0 Å². The molecule has 0 aliphatic rings. The number of aryl methyl sites for hydroxylation is 2. The Balaban J connectivity index is 0.000000791. The third kappa shape index (κ3) is 4.08. The molecule has 0 aliphatic carbocycles. The van der Waals surface area contributed by atoms with Gasteiger partial charge in [0.2, 0.25) is 0 Å². The van der Waals surface area contributed by atoms with Gasteiger partial charge in [0.1, 0.15) is 5.75 Å². The molecule has 0 N–H and O–H groups in total. The van der Waals surface area contributed by atoms with Crippen LogP contribution in [0, 0.1) is 13.8 Å². The Morgan fingerprint density at radius 3 is 2.21 bits per heavy atom. The van der Waals surface area contributed by atoms with E-state index in [0.29, 0.717) is 5.75 Å². The van der Waals surface area contributed by atoms with Crippen LogP contribution in [0.2, 0.25) is 0 Å². The van der Waals surface area contributed by atoms with E-state index in [0.717, 1.165) is 5.56 Å². The number of ether oxygens (including phenoxy) is 1. The summed E-state index contributed by atoms with van der Waals surface area (Å²) < 4.78 is 4.96. The summed E-state index contributed by atoms with van der Waals surface area (Å²) in [5.41, 5.74) is 2.16. The zero-order valence-electron chi connectivity index (χ0n) is 9.55. The first-order valence-corrected chi connectivity index (χ1v) is 4.85. The van der Waals surface area contributed by atoms with Crippen molar-refractivity contribution < 1.29 is 9.53 Å². The standard InChI is InChI=1S/C10H12O2.C2H6/c1-7-4-5-10(8(2)6-7)12-9(3)11;1-2/h4-6H,1-3H3;1-2H3. The highest BCUT2D eigenvalue weighted by Crippen LogP contribution is 2.18. The van der Waals surface area contributed by atoms with Gasteiger partial charge in [-0.15, -0.1) is 0 Å². The highest BCUT2D eigenvalue weighted by molar-refractivity contribution is 5.69. The second-order valence-corrected chi connectivity index (χ2v) is 2.86. The van der Waals surface area contributed by atoms with E-state index in [1.807, 2.05) is 45.9 Å². The smallest absolute Gasteiger partial charge is 0.308 e. The number of carbonyl (C=O) groups is 1. The normalized spacial score (nSPS) is 8.64. The van der Waals surface area contributed by atoms with Gasteiger partial charge in [-0.05, 0) is 25.5 Å². The number of esters is 1. The average Bonchev–Trinajstić information content (AvgIpc) is 2.13. The molecule has 0 spiro atoms. The lowest BCUT2D eigenvalue weighted by Gasteiger charge is -2.04. The van der Waals surface area contributed by atoms with Crippen molar-refractivity contribution in [3.05, 3.63) is 29.3 Å². The average molecular weight is 194 g/mol. The molecule has 0 aromatic heterocycles. The molecule has 0 aliphatic heterocycles. The zero-order valence-corrected chi connectivity index (χ0v) is 9.55. The second-order valence-electron chi connectivity index (χ2n) is 2.86. The summed E-state index contributed by atoms with van der Waals surface area (Å²) in [5, 5.41) is 0. The monoisotopic (exact) mass is 194 g/mol. The minimum Gasteiger partial charge on any atom is -0.426 e. The van der Waals surface area contributed by atoms with Gasteiger partial charge < -0.3 is 4.74 Å². The van der Waals surface area contributed by atoms with Crippen LogP contribution in [0.1, 0.15) is 31.9 Å². The zero-order chi connectivity index (χ0) is 11.1. The maximum absolute atomic E-state index is 10.6. The molecule has 0 saturated carbocycles. The number of hydrogen-bond acceptors (Lipinski definition) is 2. The third-order valence-electron chi connectivity index (χ3n) is 1.58. The molecule has 0 saturated heterocycles. The summed E-state index contributed by atoms with van der Waals surface area (Å²) in [5.74, 6) is 0.370. The van der Waals surface area contributed by atoms with Crippen LogP contribution in [0.3, 0.4) is 0 Å². The lowest BCUT2D eigenvalue weighted by Crippen LogP contribution is -2.02. The lowest BCUT2D eigenvalue weighted by molar-refractivity contribution is -0.131. The third-order valence-corrected chi connectivity index (χ3v) is 1.58. The predicted octanol–water partition coefficient (Wildman–Crippen LogP) is 3.25. The quantitative estimate of drug-likeness (QED) is 0.506. The summed E-state index contributed by atoms with van der Waals surface area (Å²) in [4.78, 5) is 10.6. The van der Waals surface area contributed by atoms with Crippen molar-refractivity contribution in [2.75, 3.05) is 0 Å². The van der Waals surface area contributed by atoms with Gasteiger partial charge in [-0.25, -0.2) is 0 Å². The van der Waals surface area contributed by atoms with Gasteiger partial charge in [0.15, 0.2) is 0 Å². The SMILES string of the molecule is CC.CC(=O)Oc1ccc(C)cc1C. The summed E-state index contributed by atoms with van der Waals surface area (Å²) in [6.45, 7) is 9.33. The van der Waals surface area contributed by atoms with Crippen molar-refractivity contribution in [3.8, 4) is 5.75 Å². The van der Waals surface area contributed by atoms with E-state index < -0.39 is 0 Å². The number of benzene rings is 1. The highest BCUT2D eigenvalue weighted by Gasteiger charge is 2.01. The molecule has 0 atom stereocenters. The van der Waals surface area contributed by atoms with Crippen LogP contribution in [-0.2, 0) is 4.79 Å². The Bertz CT molecular complexity index is 303. The topological polar surface area (TPSA) is 26.3 Å². The van der Waals surface area contributed by atoms with Crippen molar-refractivity contribution >= 4 is 5.97 Å². The molecule has 0 radical (unpaired) electrons. The van der Waals surface area contributed by atoms with E-state index in [-0.39, 0.29) is 5.97 Å². The molecule has 0 heterocycles. The molecule has 2 heteroatoms. The molecule has 2 nitrogen and oxygen atoms in total. The molecular formula is C12H18O2. The van der Waals surface area contributed by atoms with Crippen LogP contribution in [-0.4, -0.2) is 5.97 Å². The fraction of sp³-hybridized carbons (Fsp3) is 0.417. The van der Waals surface area contributed by atoms with Gasteiger partial charge in [-0.1, -0.05) is 31.5 Å². The minimum absolute atomic E-state index is 0.276. The van der Waals surface area contributed by atoms with Crippen molar-refractivity contribution in [1.82, 2.24) is 0 Å². The Hall–Kier alpha value is -1.31. The molecule has 14 heavy (non-hydrogen) atoms.